The van der Waals surface area contributed by atoms with E-state index in [1.807, 2.05) is 26.0 Å². The zero-order chi connectivity index (χ0) is 22.7. The van der Waals surface area contributed by atoms with Crippen molar-refractivity contribution in [2.45, 2.75) is 33.6 Å². The van der Waals surface area contributed by atoms with Crippen molar-refractivity contribution in [1.29, 1.82) is 0 Å². The van der Waals surface area contributed by atoms with Crippen LogP contribution < -0.4 is 4.74 Å². The fourth-order valence-electron chi connectivity index (χ4n) is 3.30. The number of amidine groups is 1. The summed E-state index contributed by atoms with van der Waals surface area (Å²) >= 11 is 1.32. The number of likely N-dealkylation sites (N-methyl/N-ethyl adjacent to an activating group) is 1. The van der Waals surface area contributed by atoms with Crippen LogP contribution in [0.3, 0.4) is 0 Å². The lowest BCUT2D eigenvalue weighted by Gasteiger charge is -2.15. The number of hydrogen-bond acceptors (Lipinski definition) is 5. The largest absolute Gasteiger partial charge is 0.496 e. The first-order valence-corrected chi connectivity index (χ1v) is 10.9. The van der Waals surface area contributed by atoms with Gasteiger partial charge in [0.25, 0.3) is 5.91 Å². The van der Waals surface area contributed by atoms with Crippen LogP contribution in [0.4, 0.5) is 5.69 Å². The summed E-state index contributed by atoms with van der Waals surface area (Å²) < 4.78 is 5.52. The molecule has 0 bridgehead atoms. The number of carbonyl (C=O) groups excluding carboxylic acids is 1. The molecule has 0 aliphatic carbocycles. The molecular formula is C24H26N2O4S. The van der Waals surface area contributed by atoms with Crippen molar-refractivity contribution in [2.24, 2.45) is 4.99 Å². The van der Waals surface area contributed by atoms with Crippen molar-refractivity contribution >= 4 is 40.6 Å². The van der Waals surface area contributed by atoms with E-state index >= 15 is 0 Å². The minimum atomic E-state index is -0.986. The van der Waals surface area contributed by atoms with Crippen LogP contribution in [0.25, 0.3) is 6.08 Å². The van der Waals surface area contributed by atoms with E-state index in [2.05, 4.69) is 24.9 Å². The molecule has 1 amide bonds. The maximum absolute atomic E-state index is 13.0. The van der Waals surface area contributed by atoms with Gasteiger partial charge in [0.1, 0.15) is 5.75 Å². The normalized spacial score (nSPS) is 16.6. The lowest BCUT2D eigenvalue weighted by molar-refractivity contribution is -0.122. The van der Waals surface area contributed by atoms with Gasteiger partial charge >= 0.3 is 5.97 Å². The molecule has 2 aromatic rings. The molecular weight excluding hydrogens is 412 g/mol. The number of rotatable bonds is 6. The fraction of sp³-hybridized carbons (Fsp3) is 0.292. The Labute approximate surface area is 186 Å². The minimum absolute atomic E-state index is 0.0882. The predicted molar refractivity (Wildman–Crippen MR) is 125 cm³/mol. The van der Waals surface area contributed by atoms with Crippen LogP contribution >= 0.6 is 11.8 Å². The lowest BCUT2D eigenvalue weighted by atomic mass is 9.96. The summed E-state index contributed by atoms with van der Waals surface area (Å²) in [5.74, 6) is 0.0651. The van der Waals surface area contributed by atoms with Crippen molar-refractivity contribution < 1.29 is 19.4 Å². The van der Waals surface area contributed by atoms with Gasteiger partial charge in [0.15, 0.2) is 5.17 Å². The highest BCUT2D eigenvalue weighted by molar-refractivity contribution is 8.18. The Morgan fingerprint density at radius 3 is 2.48 bits per heavy atom. The molecule has 0 unspecified atom stereocenters. The topological polar surface area (TPSA) is 79.2 Å². The first-order valence-electron chi connectivity index (χ1n) is 10.1. The summed E-state index contributed by atoms with van der Waals surface area (Å²) in [7, 11) is 1.67. The average molecular weight is 439 g/mol. The number of carboxylic acids is 1. The van der Waals surface area contributed by atoms with E-state index in [0.717, 1.165) is 22.4 Å². The third-order valence-corrected chi connectivity index (χ3v) is 6.08. The van der Waals surface area contributed by atoms with E-state index in [0.29, 0.717) is 22.3 Å². The summed E-state index contributed by atoms with van der Waals surface area (Å²) in [5.41, 5.74) is 3.89. The van der Waals surface area contributed by atoms with Gasteiger partial charge in [-0.25, -0.2) is 9.79 Å². The van der Waals surface area contributed by atoms with Gasteiger partial charge in [-0.3, -0.25) is 9.69 Å². The summed E-state index contributed by atoms with van der Waals surface area (Å²) in [6.45, 7) is 8.62. The zero-order valence-corrected chi connectivity index (χ0v) is 19.1. The summed E-state index contributed by atoms with van der Waals surface area (Å²) in [6.07, 6.45) is 1.91. The molecule has 0 atom stereocenters. The van der Waals surface area contributed by atoms with E-state index in [-0.39, 0.29) is 17.4 Å². The second-order valence-electron chi connectivity index (χ2n) is 7.51. The SMILES string of the molecule is CCN1C(=O)/C(=C/c2cc(C(C)C)c(OC)cc2C)SC1=Nc1ccc(C(=O)O)cc1. The minimum Gasteiger partial charge on any atom is -0.496 e. The van der Waals surface area contributed by atoms with Gasteiger partial charge in [-0.2, -0.15) is 0 Å². The molecule has 31 heavy (non-hydrogen) atoms. The molecule has 1 saturated heterocycles. The van der Waals surface area contributed by atoms with Gasteiger partial charge in [0, 0.05) is 6.54 Å². The number of methoxy groups -OCH3 is 1. The van der Waals surface area contributed by atoms with Crippen LogP contribution in [0.5, 0.6) is 5.75 Å². The van der Waals surface area contributed by atoms with Crippen molar-refractivity contribution in [3.63, 3.8) is 0 Å². The average Bonchev–Trinajstić information content (AvgIpc) is 3.03. The summed E-state index contributed by atoms with van der Waals surface area (Å²) in [6, 6.07) is 10.4. The van der Waals surface area contributed by atoms with Crippen LogP contribution in [0.1, 0.15) is 53.7 Å². The Kier molecular flexibility index (Phi) is 6.85. The van der Waals surface area contributed by atoms with Crippen LogP contribution in [0.15, 0.2) is 46.3 Å². The molecule has 7 heteroatoms. The first kappa shape index (κ1) is 22.6. The van der Waals surface area contributed by atoms with Crippen LogP contribution in [-0.4, -0.2) is 40.7 Å². The number of aliphatic imine (C=N–C) groups is 1. The van der Waals surface area contributed by atoms with Gasteiger partial charge in [0.05, 0.1) is 23.3 Å². The number of aromatic carboxylic acids is 1. The number of hydrogen-bond donors (Lipinski definition) is 1. The number of thioether (sulfide) groups is 1. The second-order valence-corrected chi connectivity index (χ2v) is 8.52. The number of aryl methyl sites for hydroxylation is 1. The molecule has 2 aromatic carbocycles. The number of benzene rings is 2. The highest BCUT2D eigenvalue weighted by atomic mass is 32.2. The molecule has 0 saturated carbocycles. The zero-order valence-electron chi connectivity index (χ0n) is 18.3. The third kappa shape index (κ3) is 4.82. The Morgan fingerprint density at radius 1 is 1.26 bits per heavy atom. The van der Waals surface area contributed by atoms with Gasteiger partial charge in [-0.15, -0.1) is 0 Å². The molecule has 0 spiro atoms. The molecule has 1 N–H and O–H groups in total. The molecule has 3 rings (SSSR count). The van der Waals surface area contributed by atoms with E-state index in [1.165, 1.54) is 23.9 Å². The molecule has 1 heterocycles. The Hall–Kier alpha value is -3.06. The fourth-order valence-corrected chi connectivity index (χ4v) is 4.35. The van der Waals surface area contributed by atoms with E-state index in [4.69, 9.17) is 9.84 Å². The third-order valence-electron chi connectivity index (χ3n) is 5.07. The summed E-state index contributed by atoms with van der Waals surface area (Å²) in [5, 5.41) is 9.63. The molecule has 6 nitrogen and oxygen atoms in total. The number of carbonyl (C=O) groups is 2. The Bertz CT molecular complexity index is 1070. The quantitative estimate of drug-likeness (QED) is 0.607. The van der Waals surface area contributed by atoms with E-state index in [9.17, 15) is 9.59 Å². The van der Waals surface area contributed by atoms with Crippen molar-refractivity contribution in [3.8, 4) is 5.75 Å². The molecule has 1 fully saturated rings. The van der Waals surface area contributed by atoms with Gasteiger partial charge in [-0.05, 0) is 90.7 Å². The highest BCUT2D eigenvalue weighted by Gasteiger charge is 2.32. The smallest absolute Gasteiger partial charge is 0.335 e. The molecule has 1 aliphatic heterocycles. The molecule has 0 radical (unpaired) electrons. The number of carboxylic acid groups (broad SMARTS) is 1. The molecule has 1 aliphatic rings. The molecule has 0 aromatic heterocycles. The van der Waals surface area contributed by atoms with E-state index < -0.39 is 5.97 Å². The maximum Gasteiger partial charge on any atom is 0.335 e. The predicted octanol–water partition coefficient (Wildman–Crippen LogP) is 5.45. The van der Waals surface area contributed by atoms with Crippen molar-refractivity contribution in [3.05, 3.63) is 63.6 Å². The van der Waals surface area contributed by atoms with Gasteiger partial charge in [0.2, 0.25) is 0 Å². The number of nitrogens with zero attached hydrogens (tertiary/aromatic N) is 2. The standard InChI is InChI=1S/C24H26N2O4S/c1-6-26-22(27)21(13-17-12-19(14(2)3)20(30-5)11-15(17)4)31-24(26)25-18-9-7-16(8-10-18)23(28)29/h7-14H,6H2,1-5H3,(H,28,29)/b21-13-,25-24?. The van der Waals surface area contributed by atoms with Crippen LogP contribution in [0, 0.1) is 6.92 Å². The van der Waals surface area contributed by atoms with Crippen LogP contribution in [0.2, 0.25) is 0 Å². The molecule has 162 valence electrons. The van der Waals surface area contributed by atoms with Crippen molar-refractivity contribution in [1.82, 2.24) is 4.90 Å². The van der Waals surface area contributed by atoms with Crippen molar-refractivity contribution in [2.75, 3.05) is 13.7 Å². The highest BCUT2D eigenvalue weighted by Crippen LogP contribution is 2.36. The van der Waals surface area contributed by atoms with Crippen LogP contribution in [-0.2, 0) is 4.79 Å². The second kappa shape index (κ2) is 9.39. The lowest BCUT2D eigenvalue weighted by Crippen LogP contribution is -2.28. The first-order chi connectivity index (χ1) is 14.7. The number of ether oxygens (including phenoxy) is 1. The Balaban J connectivity index is 1.97. The number of amides is 1. The monoisotopic (exact) mass is 438 g/mol. The Morgan fingerprint density at radius 2 is 1.94 bits per heavy atom. The van der Waals surface area contributed by atoms with E-state index in [1.54, 1.807) is 24.1 Å². The maximum atomic E-state index is 13.0. The summed E-state index contributed by atoms with van der Waals surface area (Å²) in [4.78, 5) is 30.8. The van der Waals surface area contributed by atoms with Gasteiger partial charge in [-0.1, -0.05) is 13.8 Å². The van der Waals surface area contributed by atoms with Gasteiger partial charge < -0.3 is 9.84 Å².